The Balaban J connectivity index is 1.61. The number of carbonyl (C=O) groups excluding carboxylic acids is 1. The van der Waals surface area contributed by atoms with Crippen molar-refractivity contribution >= 4 is 11.6 Å². The molecule has 0 aliphatic carbocycles. The highest BCUT2D eigenvalue weighted by molar-refractivity contribution is 5.97. The van der Waals surface area contributed by atoms with E-state index in [2.05, 4.69) is 39.9 Å². The smallest absolute Gasteiger partial charge is 0.245 e. The van der Waals surface area contributed by atoms with Gasteiger partial charge in [0.25, 0.3) is 0 Å². The highest BCUT2D eigenvalue weighted by atomic mass is 16.2. The van der Waals surface area contributed by atoms with Gasteiger partial charge in [0, 0.05) is 44.3 Å². The standard InChI is InChI=1S/C22H25N5O/c28-22(21-14-23-9-10-25-21)27(16-18-5-2-1-3-6-18)20-8-4-7-19(13-20)15-26-12-11-24-17-26/h1-8,11-13,17,21,23,25H,9-10,14-16H2/t21-/m0/s1. The van der Waals surface area contributed by atoms with E-state index in [1.807, 2.05) is 46.0 Å². The summed E-state index contributed by atoms with van der Waals surface area (Å²) in [5.74, 6) is 0.0934. The summed E-state index contributed by atoms with van der Waals surface area (Å²) in [4.78, 5) is 19.3. The van der Waals surface area contributed by atoms with Crippen LogP contribution >= 0.6 is 0 Å². The SMILES string of the molecule is O=C([C@@H]1CNCCN1)N(Cc1ccccc1)c1cccc(Cn2ccnc2)c1. The van der Waals surface area contributed by atoms with Gasteiger partial charge in [-0.05, 0) is 23.3 Å². The fraction of sp³-hybridized carbons (Fsp3) is 0.273. The lowest BCUT2D eigenvalue weighted by atomic mass is 10.1. The van der Waals surface area contributed by atoms with Gasteiger partial charge in [0.2, 0.25) is 5.91 Å². The number of anilines is 1. The van der Waals surface area contributed by atoms with E-state index >= 15 is 0 Å². The van der Waals surface area contributed by atoms with Gasteiger partial charge < -0.3 is 20.1 Å². The second kappa shape index (κ2) is 8.82. The van der Waals surface area contributed by atoms with Crippen molar-refractivity contribution < 1.29 is 4.79 Å². The summed E-state index contributed by atoms with van der Waals surface area (Å²) in [5, 5.41) is 6.65. The molecule has 6 heteroatoms. The van der Waals surface area contributed by atoms with Gasteiger partial charge in [-0.2, -0.15) is 0 Å². The summed E-state index contributed by atoms with van der Waals surface area (Å²) >= 11 is 0. The highest BCUT2D eigenvalue weighted by Gasteiger charge is 2.27. The number of hydrogen-bond acceptors (Lipinski definition) is 4. The number of benzene rings is 2. The quantitative estimate of drug-likeness (QED) is 0.692. The number of imidazole rings is 1. The summed E-state index contributed by atoms with van der Waals surface area (Å²) in [7, 11) is 0. The molecule has 28 heavy (non-hydrogen) atoms. The third-order valence-electron chi connectivity index (χ3n) is 4.94. The molecule has 0 saturated carbocycles. The van der Waals surface area contributed by atoms with E-state index < -0.39 is 0 Å². The summed E-state index contributed by atoms with van der Waals surface area (Å²) in [6.07, 6.45) is 5.52. The van der Waals surface area contributed by atoms with Crippen LogP contribution < -0.4 is 15.5 Å². The highest BCUT2D eigenvalue weighted by Crippen LogP contribution is 2.21. The molecule has 1 aliphatic rings. The Bertz CT molecular complexity index is 888. The second-order valence-corrected chi connectivity index (χ2v) is 7.03. The molecule has 1 aromatic heterocycles. The molecule has 2 N–H and O–H groups in total. The molecular weight excluding hydrogens is 350 g/mol. The number of carbonyl (C=O) groups is 1. The first-order valence-corrected chi connectivity index (χ1v) is 9.64. The Morgan fingerprint density at radius 3 is 2.71 bits per heavy atom. The number of nitrogens with zero attached hydrogens (tertiary/aromatic N) is 3. The fourth-order valence-electron chi connectivity index (χ4n) is 3.49. The average Bonchev–Trinajstić information content (AvgIpc) is 3.26. The maximum Gasteiger partial charge on any atom is 0.245 e. The number of hydrogen-bond donors (Lipinski definition) is 2. The lowest BCUT2D eigenvalue weighted by Crippen LogP contribution is -2.56. The van der Waals surface area contributed by atoms with Crippen LogP contribution in [0.25, 0.3) is 0 Å². The molecule has 3 aromatic rings. The lowest BCUT2D eigenvalue weighted by molar-refractivity contribution is -0.120. The Morgan fingerprint density at radius 2 is 1.96 bits per heavy atom. The first-order valence-electron chi connectivity index (χ1n) is 9.64. The molecule has 0 bridgehead atoms. The van der Waals surface area contributed by atoms with Crippen LogP contribution in [0, 0.1) is 0 Å². The van der Waals surface area contributed by atoms with Crippen molar-refractivity contribution in [3.8, 4) is 0 Å². The maximum atomic E-state index is 13.3. The van der Waals surface area contributed by atoms with Crippen molar-refractivity contribution in [2.75, 3.05) is 24.5 Å². The molecule has 1 aliphatic heterocycles. The van der Waals surface area contributed by atoms with Crippen molar-refractivity contribution in [2.45, 2.75) is 19.1 Å². The molecule has 0 radical (unpaired) electrons. The molecule has 1 fully saturated rings. The third-order valence-corrected chi connectivity index (χ3v) is 4.94. The first-order chi connectivity index (χ1) is 13.8. The van der Waals surface area contributed by atoms with Crippen molar-refractivity contribution in [1.29, 1.82) is 0 Å². The van der Waals surface area contributed by atoms with Crippen LogP contribution in [-0.2, 0) is 17.9 Å². The topological polar surface area (TPSA) is 62.2 Å². The predicted molar refractivity (Wildman–Crippen MR) is 110 cm³/mol. The van der Waals surface area contributed by atoms with Gasteiger partial charge in [-0.1, -0.05) is 42.5 Å². The summed E-state index contributed by atoms with van der Waals surface area (Å²) in [6, 6.07) is 18.1. The van der Waals surface area contributed by atoms with E-state index in [1.54, 1.807) is 12.5 Å². The largest absolute Gasteiger partial charge is 0.333 e. The Labute approximate surface area is 165 Å². The number of piperazine rings is 1. The number of amides is 1. The molecule has 144 valence electrons. The van der Waals surface area contributed by atoms with Crippen LogP contribution in [0.4, 0.5) is 5.69 Å². The van der Waals surface area contributed by atoms with Crippen LogP contribution in [-0.4, -0.2) is 41.1 Å². The number of rotatable bonds is 6. The van der Waals surface area contributed by atoms with Crippen LogP contribution in [0.15, 0.2) is 73.3 Å². The molecule has 0 unspecified atom stereocenters. The van der Waals surface area contributed by atoms with Gasteiger partial charge in [0.1, 0.15) is 0 Å². The minimum atomic E-state index is -0.213. The van der Waals surface area contributed by atoms with Gasteiger partial charge in [0.05, 0.1) is 18.9 Å². The summed E-state index contributed by atoms with van der Waals surface area (Å²) < 4.78 is 2.02. The van der Waals surface area contributed by atoms with Crippen molar-refractivity contribution in [3.05, 3.63) is 84.4 Å². The molecular formula is C22H25N5O. The molecule has 1 amide bonds. The molecule has 1 atom stereocenters. The predicted octanol–water partition coefficient (Wildman–Crippen LogP) is 2.03. The fourth-order valence-corrected chi connectivity index (χ4v) is 3.49. The Kier molecular flexibility index (Phi) is 5.80. The van der Waals surface area contributed by atoms with Gasteiger partial charge in [0.15, 0.2) is 0 Å². The van der Waals surface area contributed by atoms with Gasteiger partial charge >= 0.3 is 0 Å². The summed E-state index contributed by atoms with van der Waals surface area (Å²) in [5.41, 5.74) is 3.16. The molecule has 4 rings (SSSR count). The zero-order valence-corrected chi connectivity index (χ0v) is 15.8. The van der Waals surface area contributed by atoms with Crippen LogP contribution in [0.5, 0.6) is 0 Å². The van der Waals surface area contributed by atoms with Crippen molar-refractivity contribution in [2.24, 2.45) is 0 Å². The Hall–Kier alpha value is -2.96. The molecule has 0 spiro atoms. The molecule has 2 aromatic carbocycles. The second-order valence-electron chi connectivity index (χ2n) is 7.03. The van der Waals surface area contributed by atoms with Gasteiger partial charge in [-0.25, -0.2) is 4.98 Å². The van der Waals surface area contributed by atoms with E-state index in [9.17, 15) is 4.79 Å². The van der Waals surface area contributed by atoms with E-state index in [-0.39, 0.29) is 11.9 Å². The molecule has 2 heterocycles. The minimum Gasteiger partial charge on any atom is -0.333 e. The minimum absolute atomic E-state index is 0.0934. The number of aromatic nitrogens is 2. The van der Waals surface area contributed by atoms with E-state index in [0.29, 0.717) is 13.1 Å². The molecule has 6 nitrogen and oxygen atoms in total. The normalized spacial score (nSPS) is 16.6. The van der Waals surface area contributed by atoms with Gasteiger partial charge in [-0.3, -0.25) is 4.79 Å². The van der Waals surface area contributed by atoms with E-state index in [4.69, 9.17) is 0 Å². The van der Waals surface area contributed by atoms with Crippen LogP contribution in [0.2, 0.25) is 0 Å². The van der Waals surface area contributed by atoms with Crippen LogP contribution in [0.1, 0.15) is 11.1 Å². The van der Waals surface area contributed by atoms with Crippen molar-refractivity contribution in [1.82, 2.24) is 20.2 Å². The average molecular weight is 375 g/mol. The van der Waals surface area contributed by atoms with Crippen LogP contribution in [0.3, 0.4) is 0 Å². The number of nitrogens with one attached hydrogen (secondary N) is 2. The zero-order valence-electron chi connectivity index (χ0n) is 15.8. The van der Waals surface area contributed by atoms with Crippen molar-refractivity contribution in [3.63, 3.8) is 0 Å². The molecule has 1 saturated heterocycles. The Morgan fingerprint density at radius 1 is 1.11 bits per heavy atom. The lowest BCUT2D eigenvalue weighted by Gasteiger charge is -2.31. The zero-order chi connectivity index (χ0) is 19.2. The van der Waals surface area contributed by atoms with E-state index in [0.717, 1.165) is 36.4 Å². The third kappa shape index (κ3) is 4.47. The van der Waals surface area contributed by atoms with Gasteiger partial charge in [-0.15, -0.1) is 0 Å². The summed E-state index contributed by atoms with van der Waals surface area (Å²) in [6.45, 7) is 3.62. The monoisotopic (exact) mass is 375 g/mol. The maximum absolute atomic E-state index is 13.3. The first kappa shape index (κ1) is 18.4. The van der Waals surface area contributed by atoms with E-state index in [1.165, 1.54) is 0 Å².